The fourth-order valence-electron chi connectivity index (χ4n) is 5.94. The first-order chi connectivity index (χ1) is 18.4. The summed E-state index contributed by atoms with van der Waals surface area (Å²) in [6.07, 6.45) is 0.0939. The van der Waals surface area contributed by atoms with E-state index in [9.17, 15) is 22.8 Å². The normalized spacial score (nSPS) is 22.4. The Bertz CT molecular complexity index is 1210. The number of hydrogen-bond donors (Lipinski definition) is 1. The minimum Gasteiger partial charge on any atom is -0.352 e. The molecule has 39 heavy (non-hydrogen) atoms. The molecule has 0 saturated heterocycles. The molecular weight excluding hydrogens is 503 g/mol. The topological polar surface area (TPSA) is 61.8 Å². The summed E-state index contributed by atoms with van der Waals surface area (Å²) in [6.45, 7) is 8.98. The van der Waals surface area contributed by atoms with E-state index < -0.39 is 17.4 Å². The van der Waals surface area contributed by atoms with Gasteiger partial charge in [-0.05, 0) is 87.1 Å². The molecule has 2 aliphatic rings. The molecule has 2 aromatic carbocycles. The van der Waals surface area contributed by atoms with Crippen molar-refractivity contribution in [3.8, 4) is 0 Å². The van der Waals surface area contributed by atoms with Crippen LogP contribution in [0, 0.1) is 11.8 Å². The van der Waals surface area contributed by atoms with Crippen molar-refractivity contribution in [3.63, 3.8) is 0 Å². The second-order valence-corrected chi connectivity index (χ2v) is 11.3. The largest absolute Gasteiger partial charge is 0.416 e. The Balaban J connectivity index is 1.61. The van der Waals surface area contributed by atoms with Crippen molar-refractivity contribution in [2.75, 3.05) is 6.54 Å². The van der Waals surface area contributed by atoms with Crippen LogP contribution < -0.4 is 5.32 Å². The summed E-state index contributed by atoms with van der Waals surface area (Å²) >= 11 is 0. The molecule has 1 aliphatic carbocycles. The third-order valence-corrected chi connectivity index (χ3v) is 8.15. The minimum absolute atomic E-state index is 0.110. The molecular formula is C31H38F3N3O2. The molecule has 1 N–H and O–H groups in total. The van der Waals surface area contributed by atoms with Crippen LogP contribution in [0.15, 0.2) is 53.5 Å². The Morgan fingerprint density at radius 3 is 2.36 bits per heavy atom. The molecule has 5 nitrogen and oxygen atoms in total. The molecule has 2 aromatic rings. The van der Waals surface area contributed by atoms with Gasteiger partial charge in [0.1, 0.15) is 11.4 Å². The second-order valence-electron chi connectivity index (χ2n) is 11.3. The van der Waals surface area contributed by atoms with E-state index in [-0.39, 0.29) is 29.1 Å². The van der Waals surface area contributed by atoms with E-state index in [1.54, 1.807) is 12.1 Å². The molecule has 4 rings (SSSR count). The van der Waals surface area contributed by atoms with Gasteiger partial charge < -0.3 is 10.2 Å². The van der Waals surface area contributed by atoms with Gasteiger partial charge in [0.25, 0.3) is 11.8 Å². The van der Waals surface area contributed by atoms with Crippen LogP contribution in [-0.2, 0) is 17.4 Å². The molecule has 1 fully saturated rings. The van der Waals surface area contributed by atoms with E-state index in [4.69, 9.17) is 4.99 Å². The summed E-state index contributed by atoms with van der Waals surface area (Å²) in [5.74, 6) is 0.610. The number of benzene rings is 2. The van der Waals surface area contributed by atoms with E-state index in [0.29, 0.717) is 43.2 Å². The SMILES string of the molecule is CCCNC(=O)c1ccc(CC(C)N2C(=O)C(c3cccc(C(F)(F)F)c3)=NC23CCC(C(C)C)CC3)cc1. The van der Waals surface area contributed by atoms with Crippen molar-refractivity contribution in [3.05, 3.63) is 70.8 Å². The highest BCUT2D eigenvalue weighted by molar-refractivity contribution is 6.46. The summed E-state index contributed by atoms with van der Waals surface area (Å²) in [5.41, 5.74) is 0.321. The number of carbonyl (C=O) groups excluding carboxylic acids is 2. The number of nitrogens with one attached hydrogen (secondary N) is 1. The lowest BCUT2D eigenvalue weighted by Crippen LogP contribution is -2.54. The lowest BCUT2D eigenvalue weighted by Gasteiger charge is -2.45. The van der Waals surface area contributed by atoms with Crippen LogP contribution in [0.3, 0.4) is 0 Å². The number of nitrogens with zero attached hydrogens (tertiary/aromatic N) is 2. The Hall–Kier alpha value is -3.16. The zero-order valence-electron chi connectivity index (χ0n) is 23.1. The summed E-state index contributed by atoms with van der Waals surface area (Å²) in [4.78, 5) is 32.9. The van der Waals surface area contributed by atoms with Crippen LogP contribution >= 0.6 is 0 Å². The monoisotopic (exact) mass is 541 g/mol. The molecule has 1 saturated carbocycles. The Morgan fingerprint density at radius 2 is 1.77 bits per heavy atom. The van der Waals surface area contributed by atoms with Crippen LogP contribution in [0.5, 0.6) is 0 Å². The maximum absolute atomic E-state index is 13.9. The highest BCUT2D eigenvalue weighted by atomic mass is 19.4. The van der Waals surface area contributed by atoms with E-state index >= 15 is 0 Å². The van der Waals surface area contributed by atoms with Crippen LogP contribution in [0.4, 0.5) is 13.2 Å². The van der Waals surface area contributed by atoms with Gasteiger partial charge in [-0.2, -0.15) is 13.2 Å². The molecule has 0 bridgehead atoms. The zero-order chi connectivity index (χ0) is 28.4. The molecule has 8 heteroatoms. The van der Waals surface area contributed by atoms with Gasteiger partial charge in [0.05, 0.1) is 5.56 Å². The number of halogens is 3. The summed E-state index contributed by atoms with van der Waals surface area (Å²) in [7, 11) is 0. The Labute approximate surface area is 228 Å². The van der Waals surface area contributed by atoms with Gasteiger partial charge in [-0.1, -0.05) is 45.0 Å². The predicted octanol–water partition coefficient (Wildman–Crippen LogP) is 6.65. The van der Waals surface area contributed by atoms with Crippen molar-refractivity contribution in [2.24, 2.45) is 16.8 Å². The lowest BCUT2D eigenvalue weighted by molar-refractivity contribution is -0.137. The van der Waals surface area contributed by atoms with Crippen LogP contribution in [0.2, 0.25) is 0 Å². The average molecular weight is 542 g/mol. The van der Waals surface area contributed by atoms with Gasteiger partial charge in [0.2, 0.25) is 0 Å². The highest BCUT2D eigenvalue weighted by Gasteiger charge is 2.51. The van der Waals surface area contributed by atoms with Crippen LogP contribution in [-0.4, -0.2) is 40.7 Å². The number of hydrogen-bond acceptors (Lipinski definition) is 3. The van der Waals surface area contributed by atoms with Crippen molar-refractivity contribution in [1.29, 1.82) is 0 Å². The molecule has 0 radical (unpaired) electrons. The number of rotatable bonds is 8. The first-order valence-corrected chi connectivity index (χ1v) is 13.9. The quantitative estimate of drug-likeness (QED) is 0.407. The molecule has 0 aromatic heterocycles. The van der Waals surface area contributed by atoms with Gasteiger partial charge in [-0.3, -0.25) is 14.6 Å². The van der Waals surface area contributed by atoms with E-state index in [2.05, 4.69) is 19.2 Å². The Morgan fingerprint density at radius 1 is 1.10 bits per heavy atom. The average Bonchev–Trinajstić information content (AvgIpc) is 3.18. The van der Waals surface area contributed by atoms with E-state index in [1.165, 1.54) is 12.1 Å². The van der Waals surface area contributed by atoms with Gasteiger partial charge >= 0.3 is 6.18 Å². The zero-order valence-corrected chi connectivity index (χ0v) is 23.1. The third kappa shape index (κ3) is 6.20. The molecule has 1 aliphatic heterocycles. The van der Waals surface area contributed by atoms with Crippen LogP contribution in [0.25, 0.3) is 0 Å². The summed E-state index contributed by atoms with van der Waals surface area (Å²) in [6, 6.07) is 12.0. The predicted molar refractivity (Wildman–Crippen MR) is 147 cm³/mol. The minimum atomic E-state index is -4.50. The smallest absolute Gasteiger partial charge is 0.352 e. The highest BCUT2D eigenvalue weighted by Crippen LogP contribution is 2.45. The fraction of sp³-hybridized carbons (Fsp3) is 0.516. The van der Waals surface area contributed by atoms with Crippen molar-refractivity contribution in [1.82, 2.24) is 10.2 Å². The second kappa shape index (κ2) is 11.5. The van der Waals surface area contributed by atoms with E-state index in [1.807, 2.05) is 30.9 Å². The van der Waals surface area contributed by atoms with E-state index in [0.717, 1.165) is 37.0 Å². The first-order valence-electron chi connectivity index (χ1n) is 13.9. The number of amides is 2. The van der Waals surface area contributed by atoms with Crippen LogP contribution in [0.1, 0.15) is 86.8 Å². The van der Waals surface area contributed by atoms with Gasteiger partial charge in [-0.25, -0.2) is 0 Å². The molecule has 1 spiro atoms. The molecule has 1 unspecified atom stereocenters. The first kappa shape index (κ1) is 28.8. The standard InChI is InChI=1S/C31H38F3N3O2/c1-5-17-35-28(38)24-11-9-22(10-12-24)18-21(4)37-29(39)27(25-7-6-8-26(19-25)31(32,33)34)36-30(37)15-13-23(14-16-30)20(2)3/h6-12,19-21,23H,5,13-18H2,1-4H3,(H,35,38). The molecule has 2 amide bonds. The van der Waals surface area contributed by atoms with Crippen molar-refractivity contribution < 1.29 is 22.8 Å². The van der Waals surface area contributed by atoms with Gasteiger partial charge in [0, 0.05) is 23.7 Å². The van der Waals surface area contributed by atoms with Gasteiger partial charge in [0.15, 0.2) is 0 Å². The molecule has 1 atom stereocenters. The fourth-order valence-corrected chi connectivity index (χ4v) is 5.94. The summed E-state index contributed by atoms with van der Waals surface area (Å²) in [5, 5.41) is 2.87. The number of aliphatic imine (C=N–C) groups is 1. The summed E-state index contributed by atoms with van der Waals surface area (Å²) < 4.78 is 40.3. The van der Waals surface area contributed by atoms with Crippen molar-refractivity contribution in [2.45, 2.75) is 84.1 Å². The lowest BCUT2D eigenvalue weighted by atomic mass is 9.76. The molecule has 1 heterocycles. The maximum atomic E-state index is 13.9. The number of alkyl halides is 3. The Kier molecular flexibility index (Phi) is 8.52. The number of carbonyl (C=O) groups is 2. The third-order valence-electron chi connectivity index (χ3n) is 8.15. The molecule has 210 valence electrons. The van der Waals surface area contributed by atoms with Crippen molar-refractivity contribution >= 4 is 17.5 Å². The van der Waals surface area contributed by atoms with Gasteiger partial charge in [-0.15, -0.1) is 0 Å². The maximum Gasteiger partial charge on any atom is 0.416 e.